The second kappa shape index (κ2) is 5.57. The number of nitrogen functional groups attached to an aromatic ring is 1. The Labute approximate surface area is 108 Å². The fourth-order valence-corrected chi connectivity index (χ4v) is 2.62. The van der Waals surface area contributed by atoms with Gasteiger partial charge in [0, 0.05) is 37.6 Å². The van der Waals surface area contributed by atoms with Crippen LogP contribution in [0.15, 0.2) is 23.1 Å². The summed E-state index contributed by atoms with van der Waals surface area (Å²) in [6.07, 6.45) is 2.74. The summed E-state index contributed by atoms with van der Waals surface area (Å²) in [5.74, 6) is 1.58. The highest BCUT2D eigenvalue weighted by atomic mass is 16.1. The Bertz CT molecular complexity index is 445. The van der Waals surface area contributed by atoms with Gasteiger partial charge in [0.05, 0.1) is 0 Å². The normalized spacial score (nSPS) is 24.6. The Balaban J connectivity index is 1.82. The minimum atomic E-state index is 0.0346. The lowest BCUT2D eigenvalue weighted by Gasteiger charge is -2.15. The molecule has 4 heteroatoms. The molecule has 0 saturated carbocycles. The van der Waals surface area contributed by atoms with Gasteiger partial charge in [0.15, 0.2) is 0 Å². The largest absolute Gasteiger partial charge is 0.398 e. The third kappa shape index (κ3) is 3.13. The molecule has 0 aromatic carbocycles. The number of rotatable bonds is 4. The minimum absolute atomic E-state index is 0.0346. The number of hydrogen-bond donors (Lipinski definition) is 1. The maximum Gasteiger partial charge on any atom is 0.250 e. The Hall–Kier alpha value is -1.29. The molecule has 4 nitrogen and oxygen atoms in total. The van der Waals surface area contributed by atoms with E-state index < -0.39 is 0 Å². The van der Waals surface area contributed by atoms with Crippen molar-refractivity contribution < 1.29 is 0 Å². The third-order valence-electron chi connectivity index (χ3n) is 3.94. The minimum Gasteiger partial charge on any atom is -0.398 e. The average Bonchev–Trinajstić information content (AvgIpc) is 2.63. The molecule has 18 heavy (non-hydrogen) atoms. The van der Waals surface area contributed by atoms with E-state index in [9.17, 15) is 4.79 Å². The van der Waals surface area contributed by atoms with E-state index >= 15 is 0 Å². The van der Waals surface area contributed by atoms with Gasteiger partial charge in [-0.3, -0.25) is 4.79 Å². The standard InChI is InChI=1S/C14H23N3O/c1-11-8-16(9-12(11)2)6-3-7-17-10-13(15)4-5-14(17)18/h4-5,10-12H,3,6-9,15H2,1-2H3. The van der Waals surface area contributed by atoms with Crippen LogP contribution in [-0.2, 0) is 6.54 Å². The van der Waals surface area contributed by atoms with E-state index in [1.165, 1.54) is 19.2 Å². The first-order valence-electron chi connectivity index (χ1n) is 6.74. The van der Waals surface area contributed by atoms with Crippen LogP contribution in [0.5, 0.6) is 0 Å². The van der Waals surface area contributed by atoms with Gasteiger partial charge in [0.1, 0.15) is 0 Å². The van der Waals surface area contributed by atoms with E-state index in [2.05, 4.69) is 18.7 Å². The SMILES string of the molecule is CC1CN(CCCn2cc(N)ccc2=O)CC1C. The first-order valence-corrected chi connectivity index (χ1v) is 6.74. The highest BCUT2D eigenvalue weighted by molar-refractivity contribution is 5.33. The number of nitrogens with zero attached hydrogens (tertiary/aromatic N) is 2. The van der Waals surface area contributed by atoms with E-state index in [4.69, 9.17) is 5.73 Å². The Morgan fingerprint density at radius 1 is 1.22 bits per heavy atom. The van der Waals surface area contributed by atoms with Gasteiger partial charge < -0.3 is 15.2 Å². The van der Waals surface area contributed by atoms with Gasteiger partial charge in [-0.25, -0.2) is 0 Å². The number of anilines is 1. The van der Waals surface area contributed by atoms with Crippen molar-refractivity contribution in [2.45, 2.75) is 26.8 Å². The van der Waals surface area contributed by atoms with Crippen molar-refractivity contribution in [1.29, 1.82) is 0 Å². The number of hydrogen-bond acceptors (Lipinski definition) is 3. The summed E-state index contributed by atoms with van der Waals surface area (Å²) in [6.45, 7) is 8.82. The van der Waals surface area contributed by atoms with E-state index in [0.717, 1.165) is 31.3 Å². The lowest BCUT2D eigenvalue weighted by molar-refractivity contribution is 0.311. The van der Waals surface area contributed by atoms with Gasteiger partial charge in [0.2, 0.25) is 0 Å². The van der Waals surface area contributed by atoms with Crippen molar-refractivity contribution >= 4 is 5.69 Å². The van der Waals surface area contributed by atoms with Crippen LogP contribution in [0.1, 0.15) is 20.3 Å². The van der Waals surface area contributed by atoms with Crippen LogP contribution in [0.2, 0.25) is 0 Å². The number of nitrogens with two attached hydrogens (primary N) is 1. The molecule has 1 fully saturated rings. The molecule has 2 unspecified atom stereocenters. The lowest BCUT2D eigenvalue weighted by atomic mass is 10.0. The summed E-state index contributed by atoms with van der Waals surface area (Å²) < 4.78 is 1.71. The van der Waals surface area contributed by atoms with Gasteiger partial charge in [-0.15, -0.1) is 0 Å². The molecule has 2 N–H and O–H groups in total. The molecule has 0 bridgehead atoms. The van der Waals surface area contributed by atoms with Crippen molar-refractivity contribution in [2.24, 2.45) is 11.8 Å². The van der Waals surface area contributed by atoms with Crippen LogP contribution in [0.25, 0.3) is 0 Å². The van der Waals surface area contributed by atoms with Crippen molar-refractivity contribution in [2.75, 3.05) is 25.4 Å². The van der Waals surface area contributed by atoms with E-state index in [0.29, 0.717) is 5.69 Å². The molecule has 1 aromatic heterocycles. The van der Waals surface area contributed by atoms with Gasteiger partial charge in [-0.1, -0.05) is 13.8 Å². The van der Waals surface area contributed by atoms with Gasteiger partial charge >= 0.3 is 0 Å². The zero-order valence-electron chi connectivity index (χ0n) is 11.3. The molecule has 2 heterocycles. The highest BCUT2D eigenvalue weighted by Gasteiger charge is 2.25. The maximum atomic E-state index is 11.6. The van der Waals surface area contributed by atoms with Crippen LogP contribution in [-0.4, -0.2) is 29.1 Å². The predicted molar refractivity (Wildman–Crippen MR) is 74.5 cm³/mol. The molecule has 2 atom stereocenters. The Morgan fingerprint density at radius 2 is 1.89 bits per heavy atom. The average molecular weight is 249 g/mol. The third-order valence-corrected chi connectivity index (χ3v) is 3.94. The second-order valence-corrected chi connectivity index (χ2v) is 5.56. The van der Waals surface area contributed by atoms with Crippen LogP contribution < -0.4 is 11.3 Å². The van der Waals surface area contributed by atoms with Gasteiger partial charge in [-0.05, 0) is 30.9 Å². The number of pyridine rings is 1. The molecule has 1 aliphatic rings. The number of aromatic nitrogens is 1. The second-order valence-electron chi connectivity index (χ2n) is 5.56. The molecule has 0 radical (unpaired) electrons. The van der Waals surface area contributed by atoms with Crippen molar-refractivity contribution in [3.05, 3.63) is 28.7 Å². The highest BCUT2D eigenvalue weighted by Crippen LogP contribution is 2.21. The Kier molecular flexibility index (Phi) is 4.07. The first-order chi connectivity index (χ1) is 8.56. The summed E-state index contributed by atoms with van der Waals surface area (Å²) in [7, 11) is 0. The quantitative estimate of drug-likeness (QED) is 0.877. The first kappa shape index (κ1) is 13.1. The molecular formula is C14H23N3O. The fourth-order valence-electron chi connectivity index (χ4n) is 2.62. The zero-order valence-corrected chi connectivity index (χ0v) is 11.3. The zero-order chi connectivity index (χ0) is 13.1. The number of likely N-dealkylation sites (tertiary alicyclic amines) is 1. The molecular weight excluding hydrogens is 226 g/mol. The molecule has 2 rings (SSSR count). The smallest absolute Gasteiger partial charge is 0.250 e. The molecule has 100 valence electrons. The molecule has 1 saturated heterocycles. The van der Waals surface area contributed by atoms with E-state index in [-0.39, 0.29) is 5.56 Å². The van der Waals surface area contributed by atoms with E-state index in [1.807, 2.05) is 0 Å². The molecule has 0 aliphatic carbocycles. The summed E-state index contributed by atoms with van der Waals surface area (Å²) in [5, 5.41) is 0. The molecule has 0 spiro atoms. The predicted octanol–water partition coefficient (Wildman–Crippen LogP) is 1.41. The number of aryl methyl sites for hydroxylation is 1. The summed E-state index contributed by atoms with van der Waals surface area (Å²) in [5.41, 5.74) is 6.37. The van der Waals surface area contributed by atoms with Crippen molar-refractivity contribution in [3.63, 3.8) is 0 Å². The molecule has 1 aliphatic heterocycles. The topological polar surface area (TPSA) is 51.3 Å². The monoisotopic (exact) mass is 249 g/mol. The summed E-state index contributed by atoms with van der Waals surface area (Å²) in [6, 6.07) is 3.19. The molecule has 0 amide bonds. The fraction of sp³-hybridized carbons (Fsp3) is 0.643. The summed E-state index contributed by atoms with van der Waals surface area (Å²) >= 11 is 0. The van der Waals surface area contributed by atoms with Crippen molar-refractivity contribution in [3.8, 4) is 0 Å². The van der Waals surface area contributed by atoms with Crippen molar-refractivity contribution in [1.82, 2.24) is 9.47 Å². The van der Waals surface area contributed by atoms with Crippen LogP contribution >= 0.6 is 0 Å². The summed E-state index contributed by atoms with van der Waals surface area (Å²) in [4.78, 5) is 14.1. The lowest BCUT2D eigenvalue weighted by Crippen LogP contribution is -2.25. The van der Waals surface area contributed by atoms with E-state index in [1.54, 1.807) is 16.8 Å². The van der Waals surface area contributed by atoms with Crippen LogP contribution in [0.3, 0.4) is 0 Å². The van der Waals surface area contributed by atoms with Crippen LogP contribution in [0, 0.1) is 11.8 Å². The van der Waals surface area contributed by atoms with Gasteiger partial charge in [-0.2, -0.15) is 0 Å². The maximum absolute atomic E-state index is 11.6. The molecule has 1 aromatic rings. The Morgan fingerprint density at radius 3 is 2.56 bits per heavy atom. The van der Waals surface area contributed by atoms with Gasteiger partial charge in [0.25, 0.3) is 5.56 Å². The van der Waals surface area contributed by atoms with Crippen LogP contribution in [0.4, 0.5) is 5.69 Å².